The molecule has 2 fully saturated rings. The van der Waals surface area contributed by atoms with Crippen LogP contribution in [0.5, 0.6) is 0 Å². The highest BCUT2D eigenvalue weighted by atomic mass is 16.5. The zero-order chi connectivity index (χ0) is 13.7. The van der Waals surface area contributed by atoms with Gasteiger partial charge < -0.3 is 19.6 Å². The van der Waals surface area contributed by atoms with Crippen LogP contribution < -0.4 is 0 Å². The van der Waals surface area contributed by atoms with Crippen molar-refractivity contribution >= 4 is 5.91 Å². The van der Waals surface area contributed by atoms with Crippen molar-refractivity contribution in [3.05, 3.63) is 0 Å². The van der Waals surface area contributed by atoms with Crippen molar-refractivity contribution < 1.29 is 14.6 Å². The van der Waals surface area contributed by atoms with Crippen LogP contribution in [-0.4, -0.2) is 73.4 Å². The Kier molecular flexibility index (Phi) is 5.60. The Morgan fingerprint density at radius 1 is 1.47 bits per heavy atom. The number of β-amino-alcohol motifs (C(OH)–C–C–N with tert-alkyl or cyclic N) is 1. The maximum atomic E-state index is 11.5. The Morgan fingerprint density at radius 3 is 2.84 bits per heavy atom. The second-order valence-corrected chi connectivity index (χ2v) is 5.87. The zero-order valence-corrected chi connectivity index (χ0v) is 11.9. The number of likely N-dealkylation sites (tertiary alicyclic amines) is 1. The number of carbonyl (C=O) groups excluding carboxylic acids is 1. The molecule has 0 spiro atoms. The van der Waals surface area contributed by atoms with Crippen LogP contribution in [0.15, 0.2) is 0 Å². The average Bonchev–Trinajstić information content (AvgIpc) is 2.76. The SMILES string of the molecule is CN(CC(O)CN1CCCC1=O)CC1CCOCC1. The van der Waals surface area contributed by atoms with Crippen molar-refractivity contribution in [3.8, 4) is 0 Å². The van der Waals surface area contributed by atoms with E-state index in [1.807, 2.05) is 7.05 Å². The topological polar surface area (TPSA) is 53.0 Å². The summed E-state index contributed by atoms with van der Waals surface area (Å²) in [7, 11) is 2.05. The van der Waals surface area contributed by atoms with Crippen LogP contribution in [0.3, 0.4) is 0 Å². The maximum absolute atomic E-state index is 11.5. The molecule has 5 heteroatoms. The number of rotatable bonds is 6. The number of hydrogen-bond acceptors (Lipinski definition) is 4. The molecule has 1 amide bonds. The second-order valence-electron chi connectivity index (χ2n) is 5.87. The third-order valence-corrected chi connectivity index (χ3v) is 4.04. The number of carbonyl (C=O) groups is 1. The molecule has 0 aromatic rings. The van der Waals surface area contributed by atoms with Crippen LogP contribution in [0.4, 0.5) is 0 Å². The van der Waals surface area contributed by atoms with Gasteiger partial charge in [-0.1, -0.05) is 0 Å². The number of nitrogens with zero attached hydrogens (tertiary/aromatic N) is 2. The summed E-state index contributed by atoms with van der Waals surface area (Å²) >= 11 is 0. The van der Waals surface area contributed by atoms with Gasteiger partial charge in [0.2, 0.25) is 5.91 Å². The third kappa shape index (κ3) is 4.75. The highest BCUT2D eigenvalue weighted by Crippen LogP contribution is 2.16. The highest BCUT2D eigenvalue weighted by Gasteiger charge is 2.23. The molecule has 19 heavy (non-hydrogen) atoms. The number of likely N-dealkylation sites (N-methyl/N-ethyl adjacent to an activating group) is 1. The molecule has 2 rings (SSSR count). The summed E-state index contributed by atoms with van der Waals surface area (Å²) in [6.45, 7) is 4.67. The molecule has 0 bridgehead atoms. The number of aliphatic hydroxyl groups is 1. The maximum Gasteiger partial charge on any atom is 0.222 e. The Hall–Kier alpha value is -0.650. The molecule has 2 aliphatic rings. The fourth-order valence-electron chi connectivity index (χ4n) is 3.01. The molecular weight excluding hydrogens is 244 g/mol. The summed E-state index contributed by atoms with van der Waals surface area (Å²) in [5, 5.41) is 10.1. The van der Waals surface area contributed by atoms with E-state index in [-0.39, 0.29) is 5.91 Å². The van der Waals surface area contributed by atoms with Gasteiger partial charge in [-0.15, -0.1) is 0 Å². The van der Waals surface area contributed by atoms with E-state index in [0.717, 1.165) is 45.6 Å². The van der Waals surface area contributed by atoms with E-state index in [1.54, 1.807) is 4.90 Å². The summed E-state index contributed by atoms with van der Waals surface area (Å²) in [4.78, 5) is 15.5. The largest absolute Gasteiger partial charge is 0.390 e. The van der Waals surface area contributed by atoms with Gasteiger partial charge in [0.25, 0.3) is 0 Å². The number of ether oxygens (including phenoxy) is 1. The van der Waals surface area contributed by atoms with Crippen LogP contribution in [0.2, 0.25) is 0 Å². The van der Waals surface area contributed by atoms with Crippen LogP contribution in [0.25, 0.3) is 0 Å². The van der Waals surface area contributed by atoms with E-state index >= 15 is 0 Å². The van der Waals surface area contributed by atoms with Gasteiger partial charge in [-0.2, -0.15) is 0 Å². The smallest absolute Gasteiger partial charge is 0.222 e. The Bertz CT molecular complexity index is 292. The van der Waals surface area contributed by atoms with Gasteiger partial charge in [-0.05, 0) is 32.2 Å². The molecule has 2 saturated heterocycles. The van der Waals surface area contributed by atoms with E-state index in [4.69, 9.17) is 4.74 Å². The van der Waals surface area contributed by atoms with Gasteiger partial charge >= 0.3 is 0 Å². The molecule has 0 saturated carbocycles. The van der Waals surface area contributed by atoms with Gasteiger partial charge in [0.15, 0.2) is 0 Å². The van der Waals surface area contributed by atoms with E-state index in [2.05, 4.69) is 4.90 Å². The first kappa shape index (κ1) is 14.8. The van der Waals surface area contributed by atoms with E-state index in [9.17, 15) is 9.90 Å². The van der Waals surface area contributed by atoms with Gasteiger partial charge in [0, 0.05) is 45.8 Å². The molecular formula is C14H26N2O3. The van der Waals surface area contributed by atoms with Crippen molar-refractivity contribution in [2.24, 2.45) is 5.92 Å². The molecule has 0 aromatic heterocycles. The third-order valence-electron chi connectivity index (χ3n) is 4.04. The van der Waals surface area contributed by atoms with Crippen LogP contribution in [0.1, 0.15) is 25.7 Å². The van der Waals surface area contributed by atoms with Gasteiger partial charge in [-0.3, -0.25) is 4.79 Å². The van der Waals surface area contributed by atoms with Crippen molar-refractivity contribution in [2.45, 2.75) is 31.8 Å². The molecule has 0 aromatic carbocycles. The number of hydrogen-bond donors (Lipinski definition) is 1. The molecule has 1 unspecified atom stereocenters. The monoisotopic (exact) mass is 270 g/mol. The van der Waals surface area contributed by atoms with Gasteiger partial charge in [0.1, 0.15) is 0 Å². The number of aliphatic hydroxyl groups excluding tert-OH is 1. The van der Waals surface area contributed by atoms with E-state index in [1.165, 1.54) is 0 Å². The zero-order valence-electron chi connectivity index (χ0n) is 11.9. The lowest BCUT2D eigenvalue weighted by molar-refractivity contribution is -0.129. The van der Waals surface area contributed by atoms with Crippen molar-refractivity contribution in [1.82, 2.24) is 9.80 Å². The molecule has 0 radical (unpaired) electrons. The normalized spacial score (nSPS) is 23.3. The lowest BCUT2D eigenvalue weighted by Crippen LogP contribution is -2.41. The number of amides is 1. The Balaban J connectivity index is 1.65. The summed E-state index contributed by atoms with van der Waals surface area (Å²) in [6, 6.07) is 0. The van der Waals surface area contributed by atoms with Crippen molar-refractivity contribution in [3.63, 3.8) is 0 Å². The molecule has 2 heterocycles. The first-order valence-electron chi connectivity index (χ1n) is 7.37. The quantitative estimate of drug-likeness (QED) is 0.755. The first-order chi connectivity index (χ1) is 9.15. The molecule has 1 N–H and O–H groups in total. The minimum Gasteiger partial charge on any atom is -0.390 e. The van der Waals surface area contributed by atoms with Crippen LogP contribution in [-0.2, 0) is 9.53 Å². The summed E-state index contributed by atoms with van der Waals surface area (Å²) in [6.07, 6.45) is 3.37. The predicted octanol–water partition coefficient (Wildman–Crippen LogP) is 0.328. The second kappa shape index (κ2) is 7.22. The molecule has 110 valence electrons. The summed E-state index contributed by atoms with van der Waals surface area (Å²) in [5.74, 6) is 0.866. The van der Waals surface area contributed by atoms with Gasteiger partial charge in [-0.25, -0.2) is 0 Å². The first-order valence-corrected chi connectivity index (χ1v) is 7.37. The fraction of sp³-hybridized carbons (Fsp3) is 0.929. The van der Waals surface area contributed by atoms with E-state index in [0.29, 0.717) is 25.4 Å². The van der Waals surface area contributed by atoms with Crippen molar-refractivity contribution in [2.75, 3.05) is 46.4 Å². The summed E-state index contributed by atoms with van der Waals surface area (Å²) in [5.41, 5.74) is 0. The van der Waals surface area contributed by atoms with Gasteiger partial charge in [0.05, 0.1) is 6.10 Å². The molecule has 5 nitrogen and oxygen atoms in total. The summed E-state index contributed by atoms with van der Waals surface area (Å²) < 4.78 is 5.35. The lowest BCUT2D eigenvalue weighted by Gasteiger charge is -2.29. The highest BCUT2D eigenvalue weighted by molar-refractivity contribution is 5.78. The van der Waals surface area contributed by atoms with Crippen molar-refractivity contribution in [1.29, 1.82) is 0 Å². The van der Waals surface area contributed by atoms with E-state index < -0.39 is 6.10 Å². The standard InChI is InChI=1S/C14H26N2O3/c1-15(9-12-4-7-19-8-5-12)10-13(17)11-16-6-2-3-14(16)18/h12-13,17H,2-11H2,1H3. The lowest BCUT2D eigenvalue weighted by atomic mass is 10.00. The molecule has 0 aliphatic carbocycles. The predicted molar refractivity (Wildman–Crippen MR) is 72.9 cm³/mol. The van der Waals surface area contributed by atoms with Crippen LogP contribution >= 0.6 is 0 Å². The minimum absolute atomic E-state index is 0.186. The minimum atomic E-state index is -0.438. The Labute approximate surface area is 115 Å². The van der Waals surface area contributed by atoms with Crippen LogP contribution in [0, 0.1) is 5.92 Å². The molecule has 2 aliphatic heterocycles. The average molecular weight is 270 g/mol. The molecule has 1 atom stereocenters. The Morgan fingerprint density at radius 2 is 2.21 bits per heavy atom. The fourth-order valence-corrected chi connectivity index (χ4v) is 3.01.